The summed E-state index contributed by atoms with van der Waals surface area (Å²) in [5.41, 5.74) is 0.332. The van der Waals surface area contributed by atoms with Crippen LogP contribution < -0.4 is 10.1 Å². The Bertz CT molecular complexity index is 1090. The van der Waals surface area contributed by atoms with Gasteiger partial charge in [-0.15, -0.1) is 0 Å². The number of nitrogens with one attached hydrogen (secondary N) is 1. The quantitative estimate of drug-likeness (QED) is 0.369. The van der Waals surface area contributed by atoms with Crippen molar-refractivity contribution in [3.63, 3.8) is 0 Å². The lowest BCUT2D eigenvalue weighted by molar-refractivity contribution is -0.385. The van der Waals surface area contributed by atoms with Crippen molar-refractivity contribution in [2.45, 2.75) is 6.42 Å². The maximum atomic E-state index is 12.7. The van der Waals surface area contributed by atoms with Gasteiger partial charge in [0.2, 0.25) is 5.75 Å². The molecule has 154 valence electrons. The summed E-state index contributed by atoms with van der Waals surface area (Å²) in [4.78, 5) is 22.9. The van der Waals surface area contributed by atoms with Gasteiger partial charge in [0.1, 0.15) is 5.75 Å². The Morgan fingerprint density at radius 2 is 1.80 bits per heavy atom. The molecule has 3 rings (SSSR count). The summed E-state index contributed by atoms with van der Waals surface area (Å²) in [7, 11) is 0. The van der Waals surface area contributed by atoms with E-state index >= 15 is 0 Å². The van der Waals surface area contributed by atoms with Crippen molar-refractivity contribution in [3.8, 4) is 11.5 Å². The number of benzene rings is 3. The van der Waals surface area contributed by atoms with E-state index in [1.54, 1.807) is 12.1 Å². The molecule has 1 amide bonds. The van der Waals surface area contributed by atoms with Crippen LogP contribution in [-0.4, -0.2) is 22.5 Å². The summed E-state index contributed by atoms with van der Waals surface area (Å²) < 4.78 is 5.78. The van der Waals surface area contributed by atoms with Crippen molar-refractivity contribution >= 4 is 40.5 Å². The van der Waals surface area contributed by atoms with Crippen LogP contribution in [0.25, 0.3) is 0 Å². The molecule has 0 unspecified atom stereocenters. The molecule has 0 aliphatic carbocycles. The van der Waals surface area contributed by atoms with E-state index in [2.05, 4.69) is 5.32 Å². The Morgan fingerprint density at radius 3 is 2.50 bits per heavy atom. The number of carbonyl (C=O) groups excluding carboxylic acids is 1. The second-order valence-electron chi connectivity index (χ2n) is 6.26. The average Bonchev–Trinajstić information content (AvgIpc) is 2.71. The molecule has 0 saturated heterocycles. The van der Waals surface area contributed by atoms with E-state index in [0.29, 0.717) is 23.8 Å². The van der Waals surface area contributed by atoms with Crippen LogP contribution in [0.1, 0.15) is 15.9 Å². The SMILES string of the molecule is O=C(Nc1cc(Cl)ccc1OCCc1ccccc1)c1cc(Cl)cc([N+](=O)[O-])c1O. The monoisotopic (exact) mass is 446 g/mol. The van der Waals surface area contributed by atoms with Crippen molar-refractivity contribution in [1.82, 2.24) is 0 Å². The second-order valence-corrected chi connectivity index (χ2v) is 7.13. The van der Waals surface area contributed by atoms with Gasteiger partial charge in [-0.1, -0.05) is 53.5 Å². The van der Waals surface area contributed by atoms with E-state index in [4.69, 9.17) is 27.9 Å². The van der Waals surface area contributed by atoms with Crippen molar-refractivity contribution < 1.29 is 19.6 Å². The number of phenolic OH excluding ortho intramolecular Hbond substituents is 1. The summed E-state index contributed by atoms with van der Waals surface area (Å²) in [6.45, 7) is 0.350. The first-order chi connectivity index (χ1) is 14.3. The number of nitrogens with zero attached hydrogens (tertiary/aromatic N) is 1. The molecule has 3 aromatic rings. The number of nitro groups is 1. The van der Waals surface area contributed by atoms with E-state index in [9.17, 15) is 20.0 Å². The van der Waals surface area contributed by atoms with Crippen LogP contribution >= 0.6 is 23.2 Å². The minimum atomic E-state index is -0.824. The summed E-state index contributed by atoms with van der Waals surface area (Å²) in [5, 5.41) is 24.0. The molecule has 0 saturated carbocycles. The van der Waals surface area contributed by atoms with Gasteiger partial charge in [-0.25, -0.2) is 0 Å². The van der Waals surface area contributed by atoms with Crippen molar-refractivity contribution in [1.29, 1.82) is 0 Å². The van der Waals surface area contributed by atoms with Gasteiger partial charge in [-0.3, -0.25) is 14.9 Å². The van der Waals surface area contributed by atoms with Gasteiger partial charge in [-0.2, -0.15) is 0 Å². The number of rotatable bonds is 7. The second kappa shape index (κ2) is 9.47. The number of halogens is 2. The average molecular weight is 447 g/mol. The van der Waals surface area contributed by atoms with Crippen molar-refractivity contribution in [3.05, 3.63) is 92.0 Å². The van der Waals surface area contributed by atoms with Crippen LogP contribution in [0.2, 0.25) is 10.0 Å². The third-order valence-corrected chi connectivity index (χ3v) is 4.63. The molecule has 0 atom stereocenters. The molecular weight excluding hydrogens is 431 g/mol. The molecule has 0 aliphatic heterocycles. The smallest absolute Gasteiger partial charge is 0.313 e. The molecule has 9 heteroatoms. The molecule has 0 aliphatic rings. The zero-order chi connectivity index (χ0) is 21.7. The highest BCUT2D eigenvalue weighted by molar-refractivity contribution is 6.32. The summed E-state index contributed by atoms with van der Waals surface area (Å²) in [6, 6.07) is 16.5. The van der Waals surface area contributed by atoms with Crippen LogP contribution in [0, 0.1) is 10.1 Å². The Labute approximate surface area is 182 Å². The van der Waals surface area contributed by atoms with Crippen LogP contribution in [0.3, 0.4) is 0 Å². The predicted molar refractivity (Wildman–Crippen MR) is 115 cm³/mol. The molecule has 2 N–H and O–H groups in total. The first kappa shape index (κ1) is 21.4. The zero-order valence-corrected chi connectivity index (χ0v) is 17.0. The number of nitro benzene ring substituents is 1. The zero-order valence-electron chi connectivity index (χ0n) is 15.5. The largest absolute Gasteiger partial charge is 0.502 e. The van der Waals surface area contributed by atoms with Crippen LogP contribution in [0.5, 0.6) is 11.5 Å². The number of hydrogen-bond acceptors (Lipinski definition) is 5. The van der Waals surface area contributed by atoms with E-state index in [-0.39, 0.29) is 16.3 Å². The first-order valence-corrected chi connectivity index (χ1v) is 9.55. The summed E-state index contributed by atoms with van der Waals surface area (Å²) in [6.07, 6.45) is 0.651. The topological polar surface area (TPSA) is 102 Å². The van der Waals surface area contributed by atoms with Gasteiger partial charge in [-0.05, 0) is 29.8 Å². The molecule has 0 heterocycles. The molecule has 0 radical (unpaired) electrons. The predicted octanol–water partition coefficient (Wildman–Crippen LogP) is 5.48. The minimum absolute atomic E-state index is 0.0601. The van der Waals surface area contributed by atoms with Gasteiger partial charge in [0, 0.05) is 22.5 Å². The lowest BCUT2D eigenvalue weighted by Gasteiger charge is -2.14. The van der Waals surface area contributed by atoms with E-state index < -0.39 is 22.3 Å². The number of phenols is 1. The Hall–Kier alpha value is -3.29. The molecule has 0 bridgehead atoms. The first-order valence-electron chi connectivity index (χ1n) is 8.79. The standard InChI is InChI=1S/C21H16Cl2N2O5/c22-14-6-7-19(30-9-8-13-4-2-1-3-5-13)17(11-14)24-21(27)16-10-15(23)12-18(20(16)26)25(28)29/h1-7,10-12,26H,8-9H2,(H,24,27). The maximum absolute atomic E-state index is 12.7. The van der Waals surface area contributed by atoms with Crippen molar-refractivity contribution in [2.24, 2.45) is 0 Å². The van der Waals surface area contributed by atoms with Gasteiger partial charge >= 0.3 is 5.69 Å². The van der Waals surface area contributed by atoms with Crippen LogP contribution in [-0.2, 0) is 6.42 Å². The van der Waals surface area contributed by atoms with Crippen molar-refractivity contribution in [2.75, 3.05) is 11.9 Å². The van der Waals surface area contributed by atoms with Crippen LogP contribution in [0.4, 0.5) is 11.4 Å². The Balaban J connectivity index is 1.80. The third-order valence-electron chi connectivity index (χ3n) is 4.18. The van der Waals surface area contributed by atoms with Gasteiger partial charge < -0.3 is 15.2 Å². The fourth-order valence-electron chi connectivity index (χ4n) is 2.74. The number of hydrogen-bond donors (Lipinski definition) is 2. The number of carbonyl (C=O) groups is 1. The van der Waals surface area contributed by atoms with Gasteiger partial charge in [0.15, 0.2) is 0 Å². The number of anilines is 1. The highest BCUT2D eigenvalue weighted by atomic mass is 35.5. The fraction of sp³-hybridized carbons (Fsp3) is 0.0952. The molecule has 3 aromatic carbocycles. The minimum Gasteiger partial charge on any atom is -0.502 e. The number of ether oxygens (including phenoxy) is 1. The molecule has 0 fully saturated rings. The molecule has 7 nitrogen and oxygen atoms in total. The molecule has 30 heavy (non-hydrogen) atoms. The van der Waals surface area contributed by atoms with E-state index in [0.717, 1.165) is 17.7 Å². The normalized spacial score (nSPS) is 10.5. The number of amides is 1. The number of aromatic hydroxyl groups is 1. The molecule has 0 aromatic heterocycles. The third kappa shape index (κ3) is 5.20. The van der Waals surface area contributed by atoms with Gasteiger partial charge in [0.05, 0.1) is 22.8 Å². The van der Waals surface area contributed by atoms with Crippen LogP contribution in [0.15, 0.2) is 60.7 Å². The summed E-state index contributed by atoms with van der Waals surface area (Å²) >= 11 is 11.9. The lowest BCUT2D eigenvalue weighted by Crippen LogP contribution is -2.14. The lowest BCUT2D eigenvalue weighted by atomic mass is 10.1. The Kier molecular flexibility index (Phi) is 6.76. The molecular formula is C21H16Cl2N2O5. The van der Waals surface area contributed by atoms with Gasteiger partial charge in [0.25, 0.3) is 5.91 Å². The fourth-order valence-corrected chi connectivity index (χ4v) is 3.12. The Morgan fingerprint density at radius 1 is 1.07 bits per heavy atom. The highest BCUT2D eigenvalue weighted by Crippen LogP contribution is 2.35. The molecule has 0 spiro atoms. The van der Waals surface area contributed by atoms with E-state index in [1.807, 2.05) is 30.3 Å². The highest BCUT2D eigenvalue weighted by Gasteiger charge is 2.23. The maximum Gasteiger partial charge on any atom is 0.313 e. The van der Waals surface area contributed by atoms with E-state index in [1.165, 1.54) is 6.07 Å². The summed E-state index contributed by atoms with van der Waals surface area (Å²) in [5.74, 6) is -1.22.